The lowest BCUT2D eigenvalue weighted by Gasteiger charge is -2.48. The van der Waals surface area contributed by atoms with Crippen LogP contribution >= 0.6 is 0 Å². The van der Waals surface area contributed by atoms with Gasteiger partial charge in [-0.15, -0.1) is 0 Å². The standard InChI is InChI=1S/C22H35N3O3/c1-28-21-6-2-4-18(14-21)23-11-8-22(27,9-12-23)17-25-16-19-5-3-10-24(19)15-20(25)7-13-26/h2,4,6,14,19-20,26-27H,3,5,7-13,15-17H2,1H3/t19-,20+/m0/s1. The summed E-state index contributed by atoms with van der Waals surface area (Å²) < 4.78 is 5.35. The van der Waals surface area contributed by atoms with E-state index in [1.54, 1.807) is 7.11 Å². The van der Waals surface area contributed by atoms with Gasteiger partial charge in [0.15, 0.2) is 0 Å². The van der Waals surface area contributed by atoms with Crippen molar-refractivity contribution >= 4 is 5.69 Å². The summed E-state index contributed by atoms with van der Waals surface area (Å²) in [5.74, 6) is 0.875. The van der Waals surface area contributed by atoms with E-state index >= 15 is 0 Å². The van der Waals surface area contributed by atoms with Crippen LogP contribution in [0.5, 0.6) is 5.75 Å². The second-order valence-corrected chi connectivity index (χ2v) is 8.80. The smallest absolute Gasteiger partial charge is 0.120 e. The second-order valence-electron chi connectivity index (χ2n) is 8.80. The first-order valence-electron chi connectivity index (χ1n) is 10.8. The summed E-state index contributed by atoms with van der Waals surface area (Å²) >= 11 is 0. The SMILES string of the molecule is COc1cccc(N2CCC(O)(CN3C[C@@H]4CCCN4C[C@H]3CCO)CC2)c1. The normalized spacial score (nSPS) is 28.3. The number of ether oxygens (including phenoxy) is 1. The molecule has 3 aliphatic rings. The van der Waals surface area contributed by atoms with Crippen LogP contribution in [-0.4, -0.2) is 90.7 Å². The Kier molecular flexibility index (Phi) is 6.11. The van der Waals surface area contributed by atoms with Crippen LogP contribution in [0.25, 0.3) is 0 Å². The first kappa shape index (κ1) is 20.0. The van der Waals surface area contributed by atoms with Gasteiger partial charge in [-0.1, -0.05) is 6.07 Å². The lowest BCUT2D eigenvalue weighted by atomic mass is 9.89. The van der Waals surface area contributed by atoms with Crippen molar-refractivity contribution in [3.05, 3.63) is 24.3 Å². The molecule has 3 fully saturated rings. The molecule has 0 unspecified atom stereocenters. The summed E-state index contributed by atoms with van der Waals surface area (Å²) in [5.41, 5.74) is 0.531. The van der Waals surface area contributed by atoms with Gasteiger partial charge in [0.2, 0.25) is 0 Å². The zero-order valence-corrected chi connectivity index (χ0v) is 17.1. The van der Waals surface area contributed by atoms with Crippen molar-refractivity contribution in [1.29, 1.82) is 0 Å². The molecule has 3 heterocycles. The molecule has 0 radical (unpaired) electrons. The van der Waals surface area contributed by atoms with Gasteiger partial charge in [-0.3, -0.25) is 9.80 Å². The third-order valence-corrected chi connectivity index (χ3v) is 6.98. The van der Waals surface area contributed by atoms with Crippen LogP contribution in [0.4, 0.5) is 5.69 Å². The topological polar surface area (TPSA) is 59.4 Å². The highest BCUT2D eigenvalue weighted by molar-refractivity contribution is 5.51. The number of anilines is 1. The maximum absolute atomic E-state index is 11.3. The minimum absolute atomic E-state index is 0.224. The average Bonchev–Trinajstić information content (AvgIpc) is 3.16. The van der Waals surface area contributed by atoms with Crippen molar-refractivity contribution in [2.45, 2.75) is 49.8 Å². The molecular weight excluding hydrogens is 354 g/mol. The number of hydrogen-bond donors (Lipinski definition) is 2. The van der Waals surface area contributed by atoms with Gasteiger partial charge in [-0.25, -0.2) is 0 Å². The summed E-state index contributed by atoms with van der Waals surface area (Å²) in [6, 6.07) is 9.17. The Morgan fingerprint density at radius 2 is 2.00 bits per heavy atom. The second kappa shape index (κ2) is 8.57. The summed E-state index contributed by atoms with van der Waals surface area (Å²) in [6.07, 6.45) is 4.91. The Morgan fingerprint density at radius 1 is 1.18 bits per heavy atom. The quantitative estimate of drug-likeness (QED) is 0.770. The molecule has 1 aromatic rings. The van der Waals surface area contributed by atoms with E-state index in [1.807, 2.05) is 12.1 Å². The molecule has 3 saturated heterocycles. The molecule has 0 aliphatic carbocycles. The Hall–Kier alpha value is -1.34. The van der Waals surface area contributed by atoms with E-state index < -0.39 is 5.60 Å². The summed E-state index contributed by atoms with van der Waals surface area (Å²) in [7, 11) is 1.70. The van der Waals surface area contributed by atoms with E-state index in [0.29, 0.717) is 12.1 Å². The fourth-order valence-electron chi connectivity index (χ4n) is 5.29. The van der Waals surface area contributed by atoms with Crippen LogP contribution in [0.3, 0.4) is 0 Å². The molecule has 0 amide bonds. The van der Waals surface area contributed by atoms with E-state index in [0.717, 1.165) is 57.7 Å². The van der Waals surface area contributed by atoms with Crippen LogP contribution in [0.15, 0.2) is 24.3 Å². The highest BCUT2D eigenvalue weighted by atomic mass is 16.5. The molecule has 2 atom stereocenters. The molecule has 6 nitrogen and oxygen atoms in total. The summed E-state index contributed by atoms with van der Waals surface area (Å²) in [5, 5.41) is 20.9. The third-order valence-electron chi connectivity index (χ3n) is 6.98. The Bertz CT molecular complexity index is 648. The van der Waals surface area contributed by atoms with Gasteiger partial charge < -0.3 is 19.8 Å². The van der Waals surface area contributed by atoms with E-state index in [1.165, 1.54) is 25.1 Å². The molecular formula is C22H35N3O3. The van der Waals surface area contributed by atoms with Gasteiger partial charge in [0.1, 0.15) is 5.75 Å². The van der Waals surface area contributed by atoms with E-state index in [9.17, 15) is 10.2 Å². The summed E-state index contributed by atoms with van der Waals surface area (Å²) in [4.78, 5) is 7.41. The zero-order valence-electron chi connectivity index (χ0n) is 17.1. The fourth-order valence-corrected chi connectivity index (χ4v) is 5.29. The van der Waals surface area contributed by atoms with Gasteiger partial charge in [0, 0.05) is 63.2 Å². The maximum atomic E-state index is 11.3. The van der Waals surface area contributed by atoms with Crippen molar-refractivity contribution in [2.24, 2.45) is 0 Å². The van der Waals surface area contributed by atoms with Gasteiger partial charge in [0.25, 0.3) is 0 Å². The number of hydrogen-bond acceptors (Lipinski definition) is 6. The van der Waals surface area contributed by atoms with Gasteiger partial charge in [-0.2, -0.15) is 0 Å². The van der Waals surface area contributed by atoms with Crippen molar-refractivity contribution in [2.75, 3.05) is 57.9 Å². The first-order valence-corrected chi connectivity index (χ1v) is 10.8. The zero-order chi connectivity index (χ0) is 19.6. The van der Waals surface area contributed by atoms with E-state index in [2.05, 4.69) is 26.8 Å². The van der Waals surface area contributed by atoms with E-state index in [-0.39, 0.29) is 6.61 Å². The number of β-amino-alcohol motifs (C(OH)–C–C–N with tert-alkyl or cyclic N) is 1. The molecule has 0 saturated carbocycles. The van der Waals surface area contributed by atoms with Gasteiger partial charge in [0.05, 0.1) is 12.7 Å². The molecule has 0 aromatic heterocycles. The van der Waals surface area contributed by atoms with Crippen LogP contribution in [0.2, 0.25) is 0 Å². The van der Waals surface area contributed by atoms with Crippen LogP contribution < -0.4 is 9.64 Å². The number of methoxy groups -OCH3 is 1. The van der Waals surface area contributed by atoms with Crippen LogP contribution in [-0.2, 0) is 0 Å². The predicted molar refractivity (Wildman–Crippen MR) is 111 cm³/mol. The largest absolute Gasteiger partial charge is 0.497 e. The molecule has 3 aliphatic heterocycles. The molecule has 28 heavy (non-hydrogen) atoms. The first-order chi connectivity index (χ1) is 13.6. The monoisotopic (exact) mass is 389 g/mol. The Balaban J connectivity index is 1.37. The average molecular weight is 390 g/mol. The van der Waals surface area contributed by atoms with Crippen LogP contribution in [0.1, 0.15) is 32.1 Å². The van der Waals surface area contributed by atoms with Gasteiger partial charge >= 0.3 is 0 Å². The Labute approximate surface area is 168 Å². The number of piperazine rings is 1. The molecule has 6 heteroatoms. The highest BCUT2D eigenvalue weighted by Crippen LogP contribution is 2.32. The molecule has 0 spiro atoms. The third kappa shape index (κ3) is 4.30. The van der Waals surface area contributed by atoms with Gasteiger partial charge in [-0.05, 0) is 50.8 Å². The highest BCUT2D eigenvalue weighted by Gasteiger charge is 2.41. The fraction of sp³-hybridized carbons (Fsp3) is 0.727. The number of nitrogens with zero attached hydrogens (tertiary/aromatic N) is 3. The lowest BCUT2D eigenvalue weighted by molar-refractivity contribution is -0.0537. The number of piperidine rings is 1. The lowest BCUT2D eigenvalue weighted by Crippen LogP contribution is -2.61. The number of aliphatic hydroxyl groups excluding tert-OH is 1. The minimum Gasteiger partial charge on any atom is -0.497 e. The predicted octanol–water partition coefficient (Wildman–Crippen LogP) is 1.56. The van der Waals surface area contributed by atoms with E-state index in [4.69, 9.17) is 4.74 Å². The van der Waals surface area contributed by atoms with Crippen molar-refractivity contribution in [3.63, 3.8) is 0 Å². The molecule has 156 valence electrons. The maximum Gasteiger partial charge on any atom is 0.120 e. The number of rotatable bonds is 6. The van der Waals surface area contributed by atoms with Crippen molar-refractivity contribution in [1.82, 2.24) is 9.80 Å². The Morgan fingerprint density at radius 3 is 2.75 bits per heavy atom. The summed E-state index contributed by atoms with van der Waals surface area (Å²) in [6.45, 7) is 5.94. The van der Waals surface area contributed by atoms with Crippen LogP contribution in [0, 0.1) is 0 Å². The molecule has 2 N–H and O–H groups in total. The van der Waals surface area contributed by atoms with Crippen molar-refractivity contribution < 1.29 is 14.9 Å². The molecule has 4 rings (SSSR count). The van der Waals surface area contributed by atoms with Crippen molar-refractivity contribution in [3.8, 4) is 5.75 Å². The molecule has 0 bridgehead atoms. The number of aliphatic hydroxyl groups is 2. The minimum atomic E-state index is -0.635. The molecule has 1 aromatic carbocycles. The number of benzene rings is 1. The number of fused-ring (bicyclic) bond motifs is 1.